The van der Waals surface area contributed by atoms with Crippen molar-refractivity contribution in [1.29, 1.82) is 0 Å². The third kappa shape index (κ3) is 4.69. The number of aromatic nitrogens is 2. The SMILES string of the molecule is CCCN(C(=O)C1CCN(S(=O)(=O)c2cn(C)c(C)n2)CC1)C1CCNC1.Cl. The van der Waals surface area contributed by atoms with Gasteiger partial charge < -0.3 is 14.8 Å². The number of sulfonamides is 1. The summed E-state index contributed by atoms with van der Waals surface area (Å²) >= 11 is 0. The summed E-state index contributed by atoms with van der Waals surface area (Å²) in [4.78, 5) is 19.3. The van der Waals surface area contributed by atoms with E-state index in [0.29, 0.717) is 31.8 Å². The number of halogens is 1. The maximum Gasteiger partial charge on any atom is 0.262 e. The zero-order chi connectivity index (χ0) is 19.6. The van der Waals surface area contributed by atoms with E-state index in [0.717, 1.165) is 32.5 Å². The van der Waals surface area contributed by atoms with E-state index < -0.39 is 10.0 Å². The van der Waals surface area contributed by atoms with Crippen LogP contribution < -0.4 is 5.32 Å². The number of nitrogens with one attached hydrogen (secondary N) is 1. The van der Waals surface area contributed by atoms with Crippen LogP contribution in [0.3, 0.4) is 0 Å². The van der Waals surface area contributed by atoms with Gasteiger partial charge in [0.2, 0.25) is 5.91 Å². The fourth-order valence-electron chi connectivity index (χ4n) is 3.98. The predicted molar refractivity (Wildman–Crippen MR) is 110 cm³/mol. The van der Waals surface area contributed by atoms with Gasteiger partial charge in [0, 0.05) is 51.4 Å². The lowest BCUT2D eigenvalue weighted by molar-refractivity contribution is -0.138. The molecule has 0 radical (unpaired) electrons. The molecule has 0 aromatic carbocycles. The van der Waals surface area contributed by atoms with E-state index in [1.54, 1.807) is 24.7 Å². The van der Waals surface area contributed by atoms with Crippen LogP contribution in [0.4, 0.5) is 0 Å². The van der Waals surface area contributed by atoms with Gasteiger partial charge in [0.05, 0.1) is 0 Å². The number of nitrogens with zero attached hydrogens (tertiary/aromatic N) is 4. The Balaban J connectivity index is 0.00000280. The standard InChI is InChI=1S/C18H31N5O3S.ClH/c1-4-9-23(16-5-8-19-12-16)18(24)15-6-10-22(11-7-15)27(25,26)17-13-21(3)14(2)20-17;/h13,15-16,19H,4-12H2,1-3H3;1H. The molecule has 1 aromatic heterocycles. The van der Waals surface area contributed by atoms with E-state index in [1.807, 2.05) is 4.90 Å². The number of imidazole rings is 1. The Morgan fingerprint density at radius 3 is 2.50 bits per heavy atom. The Kier molecular flexibility index (Phi) is 7.89. The first-order valence-electron chi connectivity index (χ1n) is 9.86. The van der Waals surface area contributed by atoms with Gasteiger partial charge in [-0.1, -0.05) is 6.92 Å². The average Bonchev–Trinajstić information content (AvgIpc) is 3.30. The van der Waals surface area contributed by atoms with Crippen molar-refractivity contribution in [2.45, 2.75) is 50.6 Å². The average molecular weight is 434 g/mol. The van der Waals surface area contributed by atoms with Crippen LogP contribution in [0.15, 0.2) is 11.2 Å². The summed E-state index contributed by atoms with van der Waals surface area (Å²) in [7, 11) is -1.81. The molecule has 28 heavy (non-hydrogen) atoms. The fraction of sp³-hybridized carbons (Fsp3) is 0.778. The number of hydrogen-bond donors (Lipinski definition) is 1. The van der Waals surface area contributed by atoms with Crippen molar-refractivity contribution >= 4 is 28.3 Å². The summed E-state index contributed by atoms with van der Waals surface area (Å²) < 4.78 is 28.8. The third-order valence-electron chi connectivity index (χ3n) is 5.72. The highest BCUT2D eigenvalue weighted by Crippen LogP contribution is 2.26. The van der Waals surface area contributed by atoms with Crippen molar-refractivity contribution in [3.05, 3.63) is 12.0 Å². The number of carbonyl (C=O) groups is 1. The van der Waals surface area contributed by atoms with Crippen LogP contribution >= 0.6 is 12.4 Å². The smallest absolute Gasteiger partial charge is 0.262 e. The van der Waals surface area contributed by atoms with E-state index >= 15 is 0 Å². The highest BCUT2D eigenvalue weighted by Gasteiger charge is 2.36. The maximum atomic E-state index is 13.1. The predicted octanol–water partition coefficient (Wildman–Crippen LogP) is 1.15. The van der Waals surface area contributed by atoms with E-state index in [2.05, 4.69) is 17.2 Å². The van der Waals surface area contributed by atoms with Crippen LogP contribution in [0, 0.1) is 12.8 Å². The van der Waals surface area contributed by atoms with Crippen LogP contribution in [-0.4, -0.2) is 71.8 Å². The molecule has 1 aromatic rings. The largest absolute Gasteiger partial charge is 0.338 e. The van der Waals surface area contributed by atoms with Gasteiger partial charge in [0.1, 0.15) is 5.82 Å². The molecule has 1 atom stereocenters. The number of aryl methyl sites for hydroxylation is 2. The van der Waals surface area contributed by atoms with Crippen molar-refractivity contribution in [3.63, 3.8) is 0 Å². The summed E-state index contributed by atoms with van der Waals surface area (Å²) in [6.07, 6.45) is 4.64. The number of amides is 1. The normalized spacial score (nSPS) is 21.5. The lowest BCUT2D eigenvalue weighted by Gasteiger charge is -2.35. The molecule has 8 nitrogen and oxygen atoms in total. The topological polar surface area (TPSA) is 87.5 Å². The van der Waals surface area contributed by atoms with Crippen LogP contribution in [0.5, 0.6) is 0 Å². The van der Waals surface area contributed by atoms with Crippen molar-refractivity contribution < 1.29 is 13.2 Å². The molecule has 1 N–H and O–H groups in total. The quantitative estimate of drug-likeness (QED) is 0.727. The first-order chi connectivity index (χ1) is 12.8. The molecule has 1 unspecified atom stereocenters. The molecule has 0 saturated carbocycles. The van der Waals surface area contributed by atoms with Crippen molar-refractivity contribution in [1.82, 2.24) is 24.1 Å². The maximum absolute atomic E-state index is 13.1. The van der Waals surface area contributed by atoms with E-state index in [4.69, 9.17) is 0 Å². The van der Waals surface area contributed by atoms with Gasteiger partial charge >= 0.3 is 0 Å². The highest BCUT2D eigenvalue weighted by atomic mass is 35.5. The van der Waals surface area contributed by atoms with E-state index in [1.165, 1.54) is 4.31 Å². The monoisotopic (exact) mass is 433 g/mol. The van der Waals surface area contributed by atoms with Gasteiger partial charge in [-0.05, 0) is 39.2 Å². The minimum Gasteiger partial charge on any atom is -0.338 e. The molecule has 0 aliphatic carbocycles. The van der Waals surface area contributed by atoms with E-state index in [9.17, 15) is 13.2 Å². The molecular weight excluding hydrogens is 402 g/mol. The van der Waals surface area contributed by atoms with Gasteiger partial charge in [-0.15, -0.1) is 12.4 Å². The summed E-state index contributed by atoms with van der Waals surface area (Å²) in [5, 5.41) is 3.42. The third-order valence-corrected chi connectivity index (χ3v) is 7.49. The Morgan fingerprint density at radius 2 is 2.00 bits per heavy atom. The molecule has 2 aliphatic heterocycles. The summed E-state index contributed by atoms with van der Waals surface area (Å²) in [5.41, 5.74) is 0. The summed E-state index contributed by atoms with van der Waals surface area (Å²) in [5.74, 6) is 0.768. The van der Waals surface area contributed by atoms with Gasteiger partial charge in [-0.2, -0.15) is 4.31 Å². The second kappa shape index (κ2) is 9.56. The molecule has 160 valence electrons. The van der Waals surface area contributed by atoms with Crippen LogP contribution in [-0.2, 0) is 21.9 Å². The number of rotatable bonds is 6. The molecule has 2 aliphatic rings. The van der Waals surface area contributed by atoms with Crippen molar-refractivity contribution in [3.8, 4) is 0 Å². The molecule has 2 fully saturated rings. The second-order valence-electron chi connectivity index (χ2n) is 7.59. The van der Waals surface area contributed by atoms with E-state index in [-0.39, 0.29) is 35.3 Å². The van der Waals surface area contributed by atoms with Crippen molar-refractivity contribution in [2.24, 2.45) is 13.0 Å². The molecule has 3 heterocycles. The van der Waals surface area contributed by atoms with Crippen LogP contribution in [0.25, 0.3) is 0 Å². The lowest BCUT2D eigenvalue weighted by atomic mass is 9.95. The Bertz CT molecular complexity index is 749. The number of carbonyl (C=O) groups excluding carboxylic acids is 1. The van der Waals surface area contributed by atoms with Crippen molar-refractivity contribution in [2.75, 3.05) is 32.7 Å². The number of hydrogen-bond acceptors (Lipinski definition) is 5. The van der Waals surface area contributed by atoms with Gasteiger partial charge in [0.25, 0.3) is 10.0 Å². The fourth-order valence-corrected chi connectivity index (χ4v) is 5.47. The first kappa shape index (κ1) is 23.1. The van der Waals surface area contributed by atoms with Gasteiger partial charge in [0.15, 0.2) is 5.03 Å². The minimum absolute atomic E-state index is 0. The first-order valence-corrected chi connectivity index (χ1v) is 11.3. The Morgan fingerprint density at radius 1 is 1.32 bits per heavy atom. The zero-order valence-electron chi connectivity index (χ0n) is 16.9. The highest BCUT2D eigenvalue weighted by molar-refractivity contribution is 7.89. The van der Waals surface area contributed by atoms with Crippen LogP contribution in [0.1, 0.15) is 38.4 Å². The van der Waals surface area contributed by atoms with Crippen LogP contribution in [0.2, 0.25) is 0 Å². The minimum atomic E-state index is -3.59. The molecule has 1 amide bonds. The zero-order valence-corrected chi connectivity index (χ0v) is 18.6. The number of piperidine rings is 1. The van der Waals surface area contributed by atoms with Gasteiger partial charge in [-0.3, -0.25) is 4.79 Å². The molecule has 0 spiro atoms. The molecule has 2 saturated heterocycles. The van der Waals surface area contributed by atoms with Gasteiger partial charge in [-0.25, -0.2) is 13.4 Å². The molecule has 0 bridgehead atoms. The second-order valence-corrected chi connectivity index (χ2v) is 9.48. The molecular formula is C18H32ClN5O3S. The molecule has 10 heteroatoms. The molecule has 3 rings (SSSR count). The Labute approximate surface area is 174 Å². The Hall–Kier alpha value is -1.16. The summed E-state index contributed by atoms with van der Waals surface area (Å²) in [6, 6.07) is 0.274. The summed E-state index contributed by atoms with van der Waals surface area (Å²) in [6.45, 7) is 7.21. The lowest BCUT2D eigenvalue weighted by Crippen LogP contribution is -2.48.